The number of carboxylic acid groups (broad SMARTS) is 1. The maximum atomic E-state index is 11.0. The van der Waals surface area contributed by atoms with Gasteiger partial charge in [0.2, 0.25) is 0 Å². The number of nitrogens with zero attached hydrogens (tertiary/aromatic N) is 1. The molecular weight excluding hydrogens is 214 g/mol. The molecule has 0 saturated heterocycles. The zero-order valence-electron chi connectivity index (χ0n) is 8.27. The van der Waals surface area contributed by atoms with Crippen molar-refractivity contribution in [2.45, 2.75) is 13.8 Å². The average Bonchev–Trinajstić information content (AvgIpc) is 2.71. The minimum absolute atomic E-state index is 0.150. The van der Waals surface area contributed by atoms with Crippen molar-refractivity contribution in [2.75, 3.05) is 0 Å². The molecule has 0 aromatic carbocycles. The minimum Gasteiger partial charge on any atom is -0.477 e. The van der Waals surface area contributed by atoms with E-state index in [2.05, 4.69) is 5.16 Å². The Labute approximate surface area is 90.1 Å². The van der Waals surface area contributed by atoms with Crippen LogP contribution in [0.15, 0.2) is 16.0 Å². The maximum absolute atomic E-state index is 11.0. The summed E-state index contributed by atoms with van der Waals surface area (Å²) in [6.45, 7) is 3.55. The topological polar surface area (TPSA) is 63.3 Å². The van der Waals surface area contributed by atoms with Crippen molar-refractivity contribution < 1.29 is 14.4 Å². The number of rotatable bonds is 2. The smallest absolute Gasteiger partial charge is 0.341 e. The number of hydrogen-bond acceptors (Lipinski definition) is 4. The lowest BCUT2D eigenvalue weighted by Gasteiger charge is -1.92. The van der Waals surface area contributed by atoms with Crippen LogP contribution in [0.25, 0.3) is 10.6 Å². The molecule has 1 N–H and O–H groups in total. The number of carboxylic acids is 1. The summed E-state index contributed by atoms with van der Waals surface area (Å²) in [4.78, 5) is 11.8. The second kappa shape index (κ2) is 3.51. The molecule has 0 atom stereocenters. The van der Waals surface area contributed by atoms with E-state index in [-0.39, 0.29) is 5.56 Å². The first-order valence-electron chi connectivity index (χ1n) is 4.34. The van der Waals surface area contributed by atoms with Gasteiger partial charge in [0.05, 0.1) is 4.88 Å². The Hall–Kier alpha value is -1.62. The average molecular weight is 223 g/mol. The zero-order valence-corrected chi connectivity index (χ0v) is 9.09. The van der Waals surface area contributed by atoms with Gasteiger partial charge >= 0.3 is 5.97 Å². The third kappa shape index (κ3) is 1.66. The highest BCUT2D eigenvalue weighted by molar-refractivity contribution is 7.13. The summed E-state index contributed by atoms with van der Waals surface area (Å²) in [6, 6.07) is 1.90. The second-order valence-electron chi connectivity index (χ2n) is 3.26. The molecule has 4 nitrogen and oxygen atoms in total. The van der Waals surface area contributed by atoms with E-state index in [1.54, 1.807) is 6.92 Å². The third-order valence-electron chi connectivity index (χ3n) is 2.04. The van der Waals surface area contributed by atoms with Gasteiger partial charge in [-0.25, -0.2) is 4.79 Å². The quantitative estimate of drug-likeness (QED) is 0.850. The molecular formula is C10H9NO3S. The molecule has 0 aliphatic rings. The molecule has 0 aliphatic heterocycles. The SMILES string of the molecule is Cc1csc(-c2noc(C)c2C(=O)O)c1. The molecule has 0 unspecified atom stereocenters. The molecule has 0 saturated carbocycles. The van der Waals surface area contributed by atoms with Crippen molar-refractivity contribution in [1.29, 1.82) is 0 Å². The van der Waals surface area contributed by atoms with Crippen molar-refractivity contribution >= 4 is 17.3 Å². The van der Waals surface area contributed by atoms with Gasteiger partial charge in [-0.05, 0) is 30.9 Å². The fraction of sp³-hybridized carbons (Fsp3) is 0.200. The monoisotopic (exact) mass is 223 g/mol. The van der Waals surface area contributed by atoms with Crippen LogP contribution in [0, 0.1) is 13.8 Å². The summed E-state index contributed by atoms with van der Waals surface area (Å²) in [5.74, 6) is -0.668. The van der Waals surface area contributed by atoms with Crippen LogP contribution in [0.3, 0.4) is 0 Å². The van der Waals surface area contributed by atoms with Crippen LogP contribution in [0.1, 0.15) is 21.7 Å². The van der Waals surface area contributed by atoms with Gasteiger partial charge in [-0.3, -0.25) is 0 Å². The zero-order chi connectivity index (χ0) is 11.0. The van der Waals surface area contributed by atoms with Crippen LogP contribution >= 0.6 is 11.3 Å². The second-order valence-corrected chi connectivity index (χ2v) is 4.17. The van der Waals surface area contributed by atoms with E-state index in [1.807, 2.05) is 18.4 Å². The minimum atomic E-state index is -1.00. The van der Waals surface area contributed by atoms with Crippen LogP contribution in [-0.4, -0.2) is 16.2 Å². The first-order chi connectivity index (χ1) is 7.09. The molecule has 0 bridgehead atoms. The molecule has 0 radical (unpaired) electrons. The summed E-state index contributed by atoms with van der Waals surface area (Å²) in [6.07, 6.45) is 0. The van der Waals surface area contributed by atoms with Gasteiger partial charge in [0, 0.05) is 0 Å². The third-order valence-corrected chi connectivity index (χ3v) is 3.10. The van der Waals surface area contributed by atoms with Crippen LogP contribution in [0.5, 0.6) is 0 Å². The first kappa shape index (κ1) is 9.92. The Morgan fingerprint density at radius 2 is 2.27 bits per heavy atom. The van der Waals surface area contributed by atoms with Gasteiger partial charge in [0.1, 0.15) is 17.0 Å². The summed E-state index contributed by atoms with van der Waals surface area (Å²) < 4.78 is 4.90. The van der Waals surface area contributed by atoms with E-state index in [9.17, 15) is 4.79 Å². The Kier molecular flexibility index (Phi) is 2.32. The van der Waals surface area contributed by atoms with Crippen molar-refractivity contribution in [1.82, 2.24) is 5.16 Å². The summed E-state index contributed by atoms with van der Waals surface area (Å²) in [7, 11) is 0. The van der Waals surface area contributed by atoms with Crippen molar-refractivity contribution in [2.24, 2.45) is 0 Å². The van der Waals surface area contributed by atoms with Gasteiger partial charge in [-0.2, -0.15) is 0 Å². The van der Waals surface area contributed by atoms with Gasteiger partial charge < -0.3 is 9.63 Å². The Morgan fingerprint density at radius 3 is 2.80 bits per heavy atom. The molecule has 2 aromatic rings. The van der Waals surface area contributed by atoms with Gasteiger partial charge in [0.25, 0.3) is 0 Å². The fourth-order valence-corrected chi connectivity index (χ4v) is 2.23. The molecule has 0 spiro atoms. The normalized spacial score (nSPS) is 10.5. The van der Waals surface area contributed by atoms with E-state index in [0.29, 0.717) is 11.5 Å². The van der Waals surface area contributed by atoms with E-state index in [4.69, 9.17) is 9.63 Å². The molecule has 78 valence electrons. The molecule has 5 heteroatoms. The van der Waals surface area contributed by atoms with Crippen LogP contribution in [0.2, 0.25) is 0 Å². The summed E-state index contributed by atoms with van der Waals surface area (Å²) in [5.41, 5.74) is 1.65. The van der Waals surface area contributed by atoms with Crippen molar-refractivity contribution in [3.8, 4) is 10.6 Å². The Morgan fingerprint density at radius 1 is 1.53 bits per heavy atom. The Bertz CT molecular complexity index is 512. The molecule has 0 amide bonds. The number of thiophene rings is 1. The van der Waals surface area contributed by atoms with Crippen LogP contribution in [0.4, 0.5) is 0 Å². The summed E-state index contributed by atoms with van der Waals surface area (Å²) >= 11 is 1.46. The van der Waals surface area contributed by atoms with E-state index < -0.39 is 5.97 Å². The number of carbonyl (C=O) groups is 1. The highest BCUT2D eigenvalue weighted by Crippen LogP contribution is 2.30. The lowest BCUT2D eigenvalue weighted by Crippen LogP contribution is -1.98. The standard InChI is InChI=1S/C10H9NO3S/c1-5-3-7(15-4-5)9-8(10(12)13)6(2)14-11-9/h3-4H,1-2H3,(H,12,13). The lowest BCUT2D eigenvalue weighted by molar-refractivity contribution is 0.0696. The highest BCUT2D eigenvalue weighted by Gasteiger charge is 2.21. The van der Waals surface area contributed by atoms with Gasteiger partial charge in [0.15, 0.2) is 0 Å². The van der Waals surface area contributed by atoms with Crippen LogP contribution < -0.4 is 0 Å². The predicted octanol–water partition coefficient (Wildman–Crippen LogP) is 2.72. The van der Waals surface area contributed by atoms with Crippen LogP contribution in [-0.2, 0) is 0 Å². The van der Waals surface area contributed by atoms with E-state index in [1.165, 1.54) is 11.3 Å². The van der Waals surface area contributed by atoms with Crippen molar-refractivity contribution in [3.05, 3.63) is 28.3 Å². The molecule has 2 heterocycles. The Balaban J connectivity index is 2.58. The van der Waals surface area contributed by atoms with E-state index >= 15 is 0 Å². The molecule has 0 aliphatic carbocycles. The number of aromatic carboxylic acids is 1. The van der Waals surface area contributed by atoms with Gasteiger partial charge in [-0.15, -0.1) is 11.3 Å². The lowest BCUT2D eigenvalue weighted by atomic mass is 10.1. The number of aryl methyl sites for hydroxylation is 2. The van der Waals surface area contributed by atoms with Gasteiger partial charge in [-0.1, -0.05) is 5.16 Å². The maximum Gasteiger partial charge on any atom is 0.341 e. The molecule has 2 rings (SSSR count). The highest BCUT2D eigenvalue weighted by atomic mass is 32.1. The number of hydrogen-bond donors (Lipinski definition) is 1. The van der Waals surface area contributed by atoms with Crippen molar-refractivity contribution in [3.63, 3.8) is 0 Å². The fourth-order valence-electron chi connectivity index (χ4n) is 1.35. The first-order valence-corrected chi connectivity index (χ1v) is 5.22. The molecule has 2 aromatic heterocycles. The summed E-state index contributed by atoms with van der Waals surface area (Å²) in [5, 5.41) is 14.7. The molecule has 15 heavy (non-hydrogen) atoms. The number of aromatic nitrogens is 1. The molecule has 0 fully saturated rings. The largest absolute Gasteiger partial charge is 0.477 e. The van der Waals surface area contributed by atoms with E-state index in [0.717, 1.165) is 10.4 Å². The predicted molar refractivity (Wildman–Crippen MR) is 56.2 cm³/mol.